The number of hydrogen-bond donors (Lipinski definition) is 1. The van der Waals surface area contributed by atoms with Crippen LogP contribution in [0.5, 0.6) is 0 Å². The molecule has 0 spiro atoms. The van der Waals surface area contributed by atoms with E-state index in [1.54, 1.807) is 4.68 Å². The van der Waals surface area contributed by atoms with Gasteiger partial charge >= 0.3 is 0 Å². The molecule has 2 heterocycles. The lowest BCUT2D eigenvalue weighted by Crippen LogP contribution is -2.17. The van der Waals surface area contributed by atoms with Crippen LogP contribution >= 0.6 is 12.2 Å². The van der Waals surface area contributed by atoms with E-state index in [0.717, 1.165) is 22.5 Å². The molecule has 0 unspecified atom stereocenters. The van der Waals surface area contributed by atoms with Crippen LogP contribution in [0.1, 0.15) is 22.5 Å². The van der Waals surface area contributed by atoms with Gasteiger partial charge in [-0.2, -0.15) is 5.10 Å². The zero-order valence-electron chi connectivity index (χ0n) is 10.1. The SMILES string of the molecule is Cc1cc(C)c(C(N)=S)c(-n2ccc(C)n2)n1. The number of rotatable bonds is 2. The predicted octanol–water partition coefficient (Wildman–Crippen LogP) is 1.83. The van der Waals surface area contributed by atoms with E-state index in [1.165, 1.54) is 0 Å². The van der Waals surface area contributed by atoms with E-state index < -0.39 is 0 Å². The molecule has 17 heavy (non-hydrogen) atoms. The van der Waals surface area contributed by atoms with Gasteiger partial charge in [-0.15, -0.1) is 0 Å². The first kappa shape index (κ1) is 11.7. The largest absolute Gasteiger partial charge is 0.389 e. The molecule has 0 aromatic carbocycles. The van der Waals surface area contributed by atoms with Gasteiger partial charge in [-0.25, -0.2) is 9.67 Å². The monoisotopic (exact) mass is 246 g/mol. The molecule has 0 aliphatic carbocycles. The van der Waals surface area contributed by atoms with E-state index in [4.69, 9.17) is 18.0 Å². The molecule has 2 rings (SSSR count). The van der Waals surface area contributed by atoms with Gasteiger partial charge < -0.3 is 5.73 Å². The lowest BCUT2D eigenvalue weighted by atomic mass is 10.1. The van der Waals surface area contributed by atoms with Gasteiger partial charge in [0.25, 0.3) is 0 Å². The number of nitrogens with two attached hydrogens (primary N) is 1. The minimum absolute atomic E-state index is 0.346. The highest BCUT2D eigenvalue weighted by atomic mass is 32.1. The van der Waals surface area contributed by atoms with E-state index in [-0.39, 0.29) is 0 Å². The van der Waals surface area contributed by atoms with Crippen molar-refractivity contribution in [2.24, 2.45) is 5.73 Å². The third-order valence-electron chi connectivity index (χ3n) is 2.51. The minimum atomic E-state index is 0.346. The molecular weight excluding hydrogens is 232 g/mol. The molecule has 0 fully saturated rings. The van der Waals surface area contributed by atoms with Crippen LogP contribution in [0.25, 0.3) is 5.82 Å². The fraction of sp³-hybridized carbons (Fsp3) is 0.250. The fourth-order valence-corrected chi connectivity index (χ4v) is 2.07. The second kappa shape index (κ2) is 4.25. The Bertz CT molecular complexity index is 586. The van der Waals surface area contributed by atoms with Gasteiger partial charge in [-0.05, 0) is 38.5 Å². The Balaban J connectivity index is 2.71. The highest BCUT2D eigenvalue weighted by Gasteiger charge is 2.13. The van der Waals surface area contributed by atoms with Gasteiger partial charge in [-0.1, -0.05) is 12.2 Å². The third kappa shape index (κ3) is 2.19. The molecule has 2 aromatic heterocycles. The maximum absolute atomic E-state index is 5.76. The average Bonchev–Trinajstić information content (AvgIpc) is 2.62. The van der Waals surface area contributed by atoms with Crippen molar-refractivity contribution in [3.05, 3.63) is 40.8 Å². The standard InChI is InChI=1S/C12H14N4S/c1-7-6-9(3)14-12(10(7)11(13)17)16-5-4-8(2)15-16/h4-6H,1-3H3,(H2,13,17). The highest BCUT2D eigenvalue weighted by Crippen LogP contribution is 2.17. The summed E-state index contributed by atoms with van der Waals surface area (Å²) < 4.78 is 1.71. The Hall–Kier alpha value is -1.75. The number of hydrogen-bond acceptors (Lipinski definition) is 3. The number of aromatic nitrogens is 3. The summed E-state index contributed by atoms with van der Waals surface area (Å²) in [6.45, 7) is 5.85. The van der Waals surface area contributed by atoms with E-state index in [9.17, 15) is 0 Å². The molecule has 0 aliphatic heterocycles. The molecule has 5 heteroatoms. The van der Waals surface area contributed by atoms with Crippen molar-refractivity contribution in [1.82, 2.24) is 14.8 Å². The fourth-order valence-electron chi connectivity index (χ4n) is 1.82. The van der Waals surface area contributed by atoms with Crippen molar-refractivity contribution in [3.63, 3.8) is 0 Å². The summed E-state index contributed by atoms with van der Waals surface area (Å²) in [5.74, 6) is 0.697. The number of aryl methyl sites for hydroxylation is 3. The zero-order chi connectivity index (χ0) is 12.6. The second-order valence-corrected chi connectivity index (χ2v) is 4.48. The topological polar surface area (TPSA) is 56.7 Å². The number of nitrogens with zero attached hydrogens (tertiary/aromatic N) is 3. The van der Waals surface area contributed by atoms with E-state index in [2.05, 4.69) is 10.1 Å². The lowest BCUT2D eigenvalue weighted by molar-refractivity contribution is 0.823. The maximum Gasteiger partial charge on any atom is 0.164 e. The summed E-state index contributed by atoms with van der Waals surface area (Å²) in [5, 5.41) is 4.35. The number of pyridine rings is 1. The highest BCUT2D eigenvalue weighted by molar-refractivity contribution is 7.80. The van der Waals surface area contributed by atoms with Gasteiger partial charge in [0, 0.05) is 11.9 Å². The van der Waals surface area contributed by atoms with Gasteiger partial charge in [-0.3, -0.25) is 0 Å². The van der Waals surface area contributed by atoms with E-state index >= 15 is 0 Å². The summed E-state index contributed by atoms with van der Waals surface area (Å²) in [5.41, 5.74) is 9.42. The van der Waals surface area contributed by atoms with Crippen LogP contribution in [0.3, 0.4) is 0 Å². The Morgan fingerprint density at radius 2 is 2.00 bits per heavy atom. The molecule has 0 radical (unpaired) electrons. The van der Waals surface area contributed by atoms with Gasteiger partial charge in [0.05, 0.1) is 11.3 Å². The molecule has 0 amide bonds. The van der Waals surface area contributed by atoms with Crippen molar-refractivity contribution in [1.29, 1.82) is 0 Å². The summed E-state index contributed by atoms with van der Waals surface area (Å²) >= 11 is 5.08. The molecule has 88 valence electrons. The lowest BCUT2D eigenvalue weighted by Gasteiger charge is -2.11. The molecule has 2 aromatic rings. The Morgan fingerprint density at radius 3 is 2.53 bits per heavy atom. The summed E-state index contributed by atoms with van der Waals surface area (Å²) in [7, 11) is 0. The van der Waals surface area contributed by atoms with Crippen LogP contribution in [0, 0.1) is 20.8 Å². The van der Waals surface area contributed by atoms with Gasteiger partial charge in [0.1, 0.15) is 4.99 Å². The molecule has 2 N–H and O–H groups in total. The van der Waals surface area contributed by atoms with E-state index in [1.807, 2.05) is 39.1 Å². The van der Waals surface area contributed by atoms with Crippen molar-refractivity contribution in [2.45, 2.75) is 20.8 Å². The summed E-state index contributed by atoms with van der Waals surface area (Å²) in [6.07, 6.45) is 1.86. The smallest absolute Gasteiger partial charge is 0.164 e. The number of thiocarbonyl (C=S) groups is 1. The zero-order valence-corrected chi connectivity index (χ0v) is 10.9. The minimum Gasteiger partial charge on any atom is -0.389 e. The van der Waals surface area contributed by atoms with Crippen molar-refractivity contribution < 1.29 is 0 Å². The molecule has 0 aliphatic rings. The predicted molar refractivity (Wildman–Crippen MR) is 71.5 cm³/mol. The van der Waals surface area contributed by atoms with Crippen LogP contribution in [0.4, 0.5) is 0 Å². The van der Waals surface area contributed by atoms with Crippen LogP contribution in [0.15, 0.2) is 18.3 Å². The maximum atomic E-state index is 5.76. The Kier molecular flexibility index (Phi) is 2.93. The van der Waals surface area contributed by atoms with Crippen molar-refractivity contribution in [2.75, 3.05) is 0 Å². The molecule has 4 nitrogen and oxygen atoms in total. The van der Waals surface area contributed by atoms with Crippen LogP contribution in [-0.4, -0.2) is 19.8 Å². The second-order valence-electron chi connectivity index (χ2n) is 4.05. The Morgan fingerprint density at radius 1 is 1.29 bits per heavy atom. The van der Waals surface area contributed by atoms with Crippen LogP contribution in [0.2, 0.25) is 0 Å². The molecule has 0 saturated carbocycles. The third-order valence-corrected chi connectivity index (χ3v) is 2.72. The van der Waals surface area contributed by atoms with Crippen LogP contribution < -0.4 is 5.73 Å². The van der Waals surface area contributed by atoms with Crippen molar-refractivity contribution in [3.8, 4) is 5.82 Å². The molecule has 0 bridgehead atoms. The molecule has 0 saturated heterocycles. The van der Waals surface area contributed by atoms with Gasteiger partial charge in [0.2, 0.25) is 0 Å². The van der Waals surface area contributed by atoms with Gasteiger partial charge in [0.15, 0.2) is 5.82 Å². The molecule has 0 atom stereocenters. The first-order valence-electron chi connectivity index (χ1n) is 5.29. The first-order valence-corrected chi connectivity index (χ1v) is 5.70. The summed E-state index contributed by atoms with van der Waals surface area (Å²) in [6, 6.07) is 3.89. The summed E-state index contributed by atoms with van der Waals surface area (Å²) in [4.78, 5) is 4.82. The van der Waals surface area contributed by atoms with Crippen molar-refractivity contribution >= 4 is 17.2 Å². The Labute approximate surface area is 105 Å². The van der Waals surface area contributed by atoms with E-state index in [0.29, 0.717) is 10.8 Å². The normalized spacial score (nSPS) is 10.5. The quantitative estimate of drug-likeness (QED) is 0.821. The first-order chi connectivity index (χ1) is 7.99. The molecular formula is C12H14N4S. The van der Waals surface area contributed by atoms with Crippen LogP contribution in [-0.2, 0) is 0 Å². The average molecular weight is 246 g/mol.